The maximum Gasteiger partial charge on any atom is 0.225 e. The Bertz CT molecular complexity index is 1240. The fraction of sp³-hybridized carbons (Fsp3) is 0.464. The quantitative estimate of drug-likeness (QED) is 0.517. The summed E-state index contributed by atoms with van der Waals surface area (Å²) >= 11 is 6.81. The number of aromatic nitrogens is 3. The molecule has 3 fully saturated rings. The van der Waals surface area contributed by atoms with Crippen molar-refractivity contribution in [1.82, 2.24) is 19.7 Å². The van der Waals surface area contributed by atoms with Crippen LogP contribution in [0.3, 0.4) is 0 Å². The molecule has 3 aromatic rings. The second-order valence-electron chi connectivity index (χ2n) is 10.2. The number of morpholine rings is 1. The van der Waals surface area contributed by atoms with E-state index in [0.29, 0.717) is 31.3 Å². The molecule has 1 aliphatic carbocycles. The summed E-state index contributed by atoms with van der Waals surface area (Å²) in [6.45, 7) is 4.43. The lowest BCUT2D eigenvalue weighted by Crippen LogP contribution is -2.46. The molecule has 0 N–H and O–H groups in total. The van der Waals surface area contributed by atoms with Crippen LogP contribution in [-0.2, 0) is 22.0 Å². The summed E-state index contributed by atoms with van der Waals surface area (Å²) in [6, 6.07) is 16.8. The Hall–Kier alpha value is -2.90. The van der Waals surface area contributed by atoms with Crippen LogP contribution in [0.4, 0.5) is 5.69 Å². The topological polar surface area (TPSA) is 63.5 Å². The van der Waals surface area contributed by atoms with Gasteiger partial charge in [-0.15, -0.1) is 10.2 Å². The van der Waals surface area contributed by atoms with Gasteiger partial charge in [-0.1, -0.05) is 41.9 Å². The van der Waals surface area contributed by atoms with Crippen LogP contribution in [0.15, 0.2) is 48.5 Å². The first-order valence-electron chi connectivity index (χ1n) is 12.9. The molecule has 2 saturated heterocycles. The average molecular weight is 506 g/mol. The van der Waals surface area contributed by atoms with Gasteiger partial charge in [-0.05, 0) is 49.4 Å². The van der Waals surface area contributed by atoms with Gasteiger partial charge in [0, 0.05) is 50.4 Å². The number of rotatable bonds is 5. The molecule has 36 heavy (non-hydrogen) atoms. The molecule has 8 heteroatoms. The number of carbonyl (C=O) groups excluding carboxylic acids is 1. The molecule has 1 aromatic heterocycles. The third kappa shape index (κ3) is 4.18. The Kier molecular flexibility index (Phi) is 6.21. The van der Waals surface area contributed by atoms with Gasteiger partial charge in [0.05, 0.1) is 23.7 Å². The molecule has 2 aromatic carbocycles. The van der Waals surface area contributed by atoms with E-state index in [-0.39, 0.29) is 17.2 Å². The average Bonchev–Trinajstić information content (AvgIpc) is 3.65. The van der Waals surface area contributed by atoms with Crippen LogP contribution >= 0.6 is 11.6 Å². The lowest BCUT2D eigenvalue weighted by Gasteiger charge is -2.36. The van der Waals surface area contributed by atoms with Crippen LogP contribution in [0.5, 0.6) is 0 Å². The predicted molar refractivity (Wildman–Crippen MR) is 140 cm³/mol. The zero-order valence-electron chi connectivity index (χ0n) is 20.7. The van der Waals surface area contributed by atoms with E-state index in [4.69, 9.17) is 16.3 Å². The number of halogens is 1. The summed E-state index contributed by atoms with van der Waals surface area (Å²) in [6.07, 6.45) is 3.90. The second kappa shape index (κ2) is 9.52. The van der Waals surface area contributed by atoms with Gasteiger partial charge in [0.25, 0.3) is 0 Å². The number of benzene rings is 2. The van der Waals surface area contributed by atoms with Gasteiger partial charge in [-0.25, -0.2) is 0 Å². The lowest BCUT2D eigenvalue weighted by molar-refractivity contribution is -0.140. The number of anilines is 1. The monoisotopic (exact) mass is 505 g/mol. The zero-order valence-corrected chi connectivity index (χ0v) is 21.5. The number of hydrogen-bond acceptors (Lipinski definition) is 5. The van der Waals surface area contributed by atoms with Gasteiger partial charge in [0.1, 0.15) is 5.82 Å². The van der Waals surface area contributed by atoms with Crippen molar-refractivity contribution in [3.63, 3.8) is 0 Å². The SMILES string of the molecule is Cn1c(-c2ccc(N3CCC(C(=O)N4CCOCC4)CC3)cc2Cl)nnc1C1(c2ccccc2)CC1. The summed E-state index contributed by atoms with van der Waals surface area (Å²) in [4.78, 5) is 17.2. The van der Waals surface area contributed by atoms with E-state index >= 15 is 0 Å². The molecule has 0 bridgehead atoms. The molecule has 0 unspecified atom stereocenters. The molecule has 0 spiro atoms. The maximum atomic E-state index is 12.9. The van der Waals surface area contributed by atoms with Crippen molar-refractivity contribution in [1.29, 1.82) is 0 Å². The first-order valence-corrected chi connectivity index (χ1v) is 13.3. The van der Waals surface area contributed by atoms with Crippen LogP contribution in [0.1, 0.15) is 37.1 Å². The molecule has 0 radical (unpaired) electrons. The van der Waals surface area contributed by atoms with Gasteiger partial charge in [0.15, 0.2) is 5.82 Å². The number of ether oxygens (including phenoxy) is 1. The summed E-state index contributed by atoms with van der Waals surface area (Å²) in [5.74, 6) is 2.17. The van der Waals surface area contributed by atoms with E-state index in [9.17, 15) is 4.79 Å². The normalized spacial score (nSPS) is 19.9. The Morgan fingerprint density at radius 1 is 1.00 bits per heavy atom. The first kappa shape index (κ1) is 23.5. The maximum absolute atomic E-state index is 12.9. The molecular formula is C28H32ClN5O2. The fourth-order valence-corrected chi connectivity index (χ4v) is 6.07. The van der Waals surface area contributed by atoms with Crippen molar-refractivity contribution in [2.75, 3.05) is 44.3 Å². The van der Waals surface area contributed by atoms with Gasteiger partial charge in [-0.2, -0.15) is 0 Å². The van der Waals surface area contributed by atoms with E-state index < -0.39 is 0 Å². The van der Waals surface area contributed by atoms with Crippen molar-refractivity contribution < 1.29 is 9.53 Å². The smallest absolute Gasteiger partial charge is 0.225 e. The van der Waals surface area contributed by atoms with Crippen molar-refractivity contribution in [3.8, 4) is 11.4 Å². The van der Waals surface area contributed by atoms with Gasteiger partial charge >= 0.3 is 0 Å². The third-order valence-corrected chi connectivity index (χ3v) is 8.42. The predicted octanol–water partition coefficient (Wildman–Crippen LogP) is 4.29. The molecule has 3 aliphatic rings. The van der Waals surface area contributed by atoms with Crippen molar-refractivity contribution in [3.05, 3.63) is 64.9 Å². The number of piperidine rings is 1. The summed E-state index contributed by atoms with van der Waals surface area (Å²) in [7, 11) is 2.04. The Morgan fingerprint density at radius 2 is 1.72 bits per heavy atom. The molecule has 7 nitrogen and oxygen atoms in total. The van der Waals surface area contributed by atoms with Crippen LogP contribution in [0.25, 0.3) is 11.4 Å². The summed E-state index contributed by atoms with van der Waals surface area (Å²) in [5, 5.41) is 9.85. The number of carbonyl (C=O) groups is 1. The van der Waals surface area contributed by atoms with Gasteiger partial charge in [0.2, 0.25) is 5.91 Å². The van der Waals surface area contributed by atoms with Crippen LogP contribution < -0.4 is 4.90 Å². The number of amides is 1. The highest BCUT2D eigenvalue weighted by Crippen LogP contribution is 2.53. The van der Waals surface area contributed by atoms with Crippen molar-refractivity contribution in [2.24, 2.45) is 13.0 Å². The minimum Gasteiger partial charge on any atom is -0.378 e. The van der Waals surface area contributed by atoms with E-state index in [1.807, 2.05) is 24.1 Å². The standard InChI is InChI=1S/C28H32ClN5O2/c1-32-25(30-31-27(32)28(11-12-28)21-5-3-2-4-6-21)23-8-7-22(19-24(23)29)33-13-9-20(10-14-33)26(35)34-15-17-36-18-16-34/h2-8,19-20H,9-18H2,1H3. The summed E-state index contributed by atoms with van der Waals surface area (Å²) in [5.41, 5.74) is 3.23. The molecule has 1 amide bonds. The number of hydrogen-bond donors (Lipinski definition) is 0. The fourth-order valence-electron chi connectivity index (χ4n) is 5.81. The second-order valence-corrected chi connectivity index (χ2v) is 10.6. The van der Waals surface area contributed by atoms with Crippen molar-refractivity contribution in [2.45, 2.75) is 31.1 Å². The molecule has 1 saturated carbocycles. The lowest BCUT2D eigenvalue weighted by atomic mass is 9.94. The van der Waals surface area contributed by atoms with Crippen LogP contribution in [-0.4, -0.2) is 65.0 Å². The minimum atomic E-state index is -0.0450. The molecule has 188 valence electrons. The van der Waals surface area contributed by atoms with E-state index in [0.717, 1.165) is 61.7 Å². The molecular weight excluding hydrogens is 474 g/mol. The highest BCUT2D eigenvalue weighted by atomic mass is 35.5. The Morgan fingerprint density at radius 3 is 2.39 bits per heavy atom. The zero-order chi connectivity index (χ0) is 24.7. The highest BCUT2D eigenvalue weighted by molar-refractivity contribution is 6.33. The molecule has 2 aliphatic heterocycles. The molecule has 0 atom stereocenters. The van der Waals surface area contributed by atoms with E-state index in [1.54, 1.807) is 0 Å². The third-order valence-electron chi connectivity index (χ3n) is 8.10. The number of nitrogens with zero attached hydrogens (tertiary/aromatic N) is 5. The van der Waals surface area contributed by atoms with Gasteiger partial charge in [-0.3, -0.25) is 4.79 Å². The molecule has 6 rings (SSSR count). The Labute approximate surface area is 217 Å². The largest absolute Gasteiger partial charge is 0.378 e. The minimum absolute atomic E-state index is 0.0450. The highest BCUT2D eigenvalue weighted by Gasteiger charge is 2.49. The molecule has 3 heterocycles. The summed E-state index contributed by atoms with van der Waals surface area (Å²) < 4.78 is 7.49. The van der Waals surface area contributed by atoms with Crippen molar-refractivity contribution >= 4 is 23.2 Å². The van der Waals surface area contributed by atoms with Gasteiger partial charge < -0.3 is 19.1 Å². The Balaban J connectivity index is 1.16. The van der Waals surface area contributed by atoms with Crippen LogP contribution in [0.2, 0.25) is 5.02 Å². The van der Waals surface area contributed by atoms with E-state index in [1.165, 1.54) is 5.56 Å². The van der Waals surface area contributed by atoms with E-state index in [2.05, 4.69) is 56.1 Å². The first-order chi connectivity index (χ1) is 17.6. The van der Waals surface area contributed by atoms with Crippen LogP contribution in [0, 0.1) is 5.92 Å².